The fourth-order valence-corrected chi connectivity index (χ4v) is 10.4. The Kier molecular flexibility index (Phi) is 7.95. The Labute approximate surface area is 372 Å². The molecule has 0 amide bonds. The minimum atomic E-state index is -0.158. The minimum Gasteiger partial charge on any atom is -0.456 e. The van der Waals surface area contributed by atoms with Crippen LogP contribution >= 0.6 is 0 Å². The molecule has 0 bridgehead atoms. The summed E-state index contributed by atoms with van der Waals surface area (Å²) >= 11 is 0. The first-order valence-corrected chi connectivity index (χ1v) is 22.1. The van der Waals surface area contributed by atoms with Crippen molar-refractivity contribution < 1.29 is 9.15 Å². The summed E-state index contributed by atoms with van der Waals surface area (Å²) in [5, 5.41) is 4.64. The van der Waals surface area contributed by atoms with E-state index in [0.29, 0.717) is 0 Å². The van der Waals surface area contributed by atoms with Gasteiger partial charge in [0.25, 0.3) is 0 Å². The molecule has 64 heavy (non-hydrogen) atoms. The summed E-state index contributed by atoms with van der Waals surface area (Å²) in [6, 6.07) is 76.7. The van der Waals surface area contributed by atoms with Crippen molar-refractivity contribution in [3.8, 4) is 67.1 Å². The van der Waals surface area contributed by atoms with Gasteiger partial charge < -0.3 is 14.1 Å². The number of hydrogen-bond donors (Lipinski definition) is 0. The second-order valence-corrected chi connectivity index (χ2v) is 17.7. The molecular formula is C61H41NO2. The van der Waals surface area contributed by atoms with Crippen LogP contribution in [0.15, 0.2) is 217 Å². The molecule has 0 saturated carbocycles. The fraction of sp³-hybridized carbons (Fsp3) is 0.0492. The van der Waals surface area contributed by atoms with Crippen LogP contribution < -0.4 is 9.64 Å². The van der Waals surface area contributed by atoms with Gasteiger partial charge in [-0.1, -0.05) is 153 Å². The highest BCUT2D eigenvalue weighted by atomic mass is 16.5. The summed E-state index contributed by atoms with van der Waals surface area (Å²) in [7, 11) is 0. The van der Waals surface area contributed by atoms with Crippen LogP contribution in [-0.2, 0) is 5.41 Å². The largest absolute Gasteiger partial charge is 0.456 e. The summed E-state index contributed by atoms with van der Waals surface area (Å²) in [4.78, 5) is 2.40. The second kappa shape index (κ2) is 13.9. The van der Waals surface area contributed by atoms with Gasteiger partial charge in [-0.05, 0) is 134 Å². The molecule has 3 heteroatoms. The summed E-state index contributed by atoms with van der Waals surface area (Å²) < 4.78 is 13.5. The highest BCUT2D eigenvalue weighted by Gasteiger charge is 2.36. The van der Waals surface area contributed by atoms with Crippen molar-refractivity contribution in [1.29, 1.82) is 0 Å². The van der Waals surface area contributed by atoms with Crippen molar-refractivity contribution in [3.63, 3.8) is 0 Å². The summed E-state index contributed by atoms with van der Waals surface area (Å²) in [5.41, 5.74) is 19.0. The number of fused-ring (bicyclic) bond motifs is 12. The Morgan fingerprint density at radius 1 is 0.359 bits per heavy atom. The highest BCUT2D eigenvalue weighted by molar-refractivity contribution is 6.09. The number of rotatable bonds is 5. The van der Waals surface area contributed by atoms with Crippen LogP contribution in [0.5, 0.6) is 11.5 Å². The monoisotopic (exact) mass is 819 g/mol. The van der Waals surface area contributed by atoms with Gasteiger partial charge in [0.15, 0.2) is 0 Å². The van der Waals surface area contributed by atoms with Gasteiger partial charge in [0.2, 0.25) is 0 Å². The van der Waals surface area contributed by atoms with E-state index in [0.717, 1.165) is 89.4 Å². The third-order valence-electron chi connectivity index (χ3n) is 13.7. The summed E-state index contributed by atoms with van der Waals surface area (Å²) in [6.07, 6.45) is 0. The molecule has 1 aliphatic heterocycles. The highest BCUT2D eigenvalue weighted by Crippen LogP contribution is 2.53. The first-order chi connectivity index (χ1) is 31.5. The number of nitrogens with zero attached hydrogens (tertiary/aromatic N) is 1. The van der Waals surface area contributed by atoms with Crippen LogP contribution in [0.25, 0.3) is 88.3 Å². The lowest BCUT2D eigenvalue weighted by Crippen LogP contribution is -2.16. The summed E-state index contributed by atoms with van der Waals surface area (Å²) in [6.45, 7) is 4.70. The number of ether oxygens (including phenoxy) is 1. The van der Waals surface area contributed by atoms with E-state index in [1.54, 1.807) is 0 Å². The average molecular weight is 820 g/mol. The first kappa shape index (κ1) is 36.5. The quantitative estimate of drug-likeness (QED) is 0.173. The predicted molar refractivity (Wildman–Crippen MR) is 265 cm³/mol. The van der Waals surface area contributed by atoms with E-state index in [-0.39, 0.29) is 5.41 Å². The maximum atomic E-state index is 6.97. The van der Waals surface area contributed by atoms with Crippen LogP contribution in [0.2, 0.25) is 0 Å². The minimum absolute atomic E-state index is 0.158. The Morgan fingerprint density at radius 2 is 0.953 bits per heavy atom. The van der Waals surface area contributed by atoms with Gasteiger partial charge in [-0.15, -0.1) is 0 Å². The van der Waals surface area contributed by atoms with Gasteiger partial charge in [0, 0.05) is 49.9 Å². The molecule has 0 fully saturated rings. The zero-order chi connectivity index (χ0) is 42.5. The van der Waals surface area contributed by atoms with E-state index in [2.05, 4.69) is 219 Å². The number of furan rings is 1. The molecule has 1 aliphatic carbocycles. The maximum absolute atomic E-state index is 6.97. The standard InChI is InChI=1S/C61H41NO2/c1-61(2)55-21-10-8-17-47(55)48-30-28-45(37-56(48)61)62(43-26-23-39(24-27-43)46-19-12-20-50-49-18-9-11-22-57(49)64-60(46)50)44-29-32-59-54(36-44)52-34-41-16-7-6-15-40(41)33-51(52)53-35-42(25-31-58(53)63-59)38-13-4-3-5-14-38/h3-37H,1-2H3. The molecule has 2 aliphatic rings. The third kappa shape index (κ3) is 5.60. The zero-order valence-corrected chi connectivity index (χ0v) is 35.5. The number of para-hydroxylation sites is 2. The molecule has 302 valence electrons. The van der Waals surface area contributed by atoms with Crippen LogP contribution in [0.4, 0.5) is 17.1 Å². The molecule has 0 atom stereocenters. The van der Waals surface area contributed by atoms with E-state index >= 15 is 0 Å². The average Bonchev–Trinajstić information content (AvgIpc) is 3.79. The lowest BCUT2D eigenvalue weighted by molar-refractivity contribution is 0.488. The SMILES string of the molecule is CC1(C)c2ccccc2-c2ccc(N(c3ccc(-c4cccc5c4oc4ccccc45)cc3)c3ccc4c(c3)-c3cc5ccccc5cc3-c3cc(-c5ccccc5)ccc3O4)cc21. The van der Waals surface area contributed by atoms with Gasteiger partial charge in [0.1, 0.15) is 22.7 Å². The second-order valence-electron chi connectivity index (χ2n) is 17.7. The lowest BCUT2D eigenvalue weighted by atomic mass is 9.82. The van der Waals surface area contributed by atoms with E-state index in [4.69, 9.17) is 9.15 Å². The van der Waals surface area contributed by atoms with Gasteiger partial charge in [-0.2, -0.15) is 0 Å². The maximum Gasteiger partial charge on any atom is 0.143 e. The van der Waals surface area contributed by atoms with Crippen molar-refractivity contribution in [2.24, 2.45) is 0 Å². The van der Waals surface area contributed by atoms with Crippen molar-refractivity contribution in [2.75, 3.05) is 4.90 Å². The first-order valence-electron chi connectivity index (χ1n) is 22.1. The Hall–Kier alpha value is -8.14. The van der Waals surface area contributed by atoms with Crippen LogP contribution in [0, 0.1) is 0 Å². The van der Waals surface area contributed by atoms with Crippen LogP contribution in [0.1, 0.15) is 25.0 Å². The molecule has 13 rings (SSSR count). The third-order valence-corrected chi connectivity index (χ3v) is 13.7. The molecule has 0 radical (unpaired) electrons. The van der Waals surface area contributed by atoms with E-state index < -0.39 is 0 Å². The molecule has 2 heterocycles. The van der Waals surface area contributed by atoms with Gasteiger partial charge in [-0.3, -0.25) is 0 Å². The van der Waals surface area contributed by atoms with E-state index in [9.17, 15) is 0 Å². The van der Waals surface area contributed by atoms with Crippen LogP contribution in [-0.4, -0.2) is 0 Å². The normalized spacial score (nSPS) is 13.1. The molecule has 1 aromatic heterocycles. The van der Waals surface area contributed by atoms with E-state index in [1.165, 1.54) is 38.6 Å². The Bertz CT molecular complexity index is 3670. The van der Waals surface area contributed by atoms with Crippen LogP contribution in [0.3, 0.4) is 0 Å². The molecule has 0 unspecified atom stereocenters. The molecule has 0 N–H and O–H groups in total. The number of anilines is 3. The molecule has 0 spiro atoms. The predicted octanol–water partition coefficient (Wildman–Crippen LogP) is 17.3. The number of hydrogen-bond acceptors (Lipinski definition) is 3. The lowest BCUT2D eigenvalue weighted by Gasteiger charge is -2.29. The van der Waals surface area contributed by atoms with Crippen molar-refractivity contribution in [3.05, 3.63) is 223 Å². The molecule has 10 aromatic carbocycles. The van der Waals surface area contributed by atoms with Gasteiger partial charge in [-0.25, -0.2) is 0 Å². The van der Waals surface area contributed by atoms with Crippen molar-refractivity contribution in [1.82, 2.24) is 0 Å². The van der Waals surface area contributed by atoms with Gasteiger partial charge in [0.05, 0.1) is 0 Å². The van der Waals surface area contributed by atoms with E-state index in [1.807, 2.05) is 12.1 Å². The smallest absolute Gasteiger partial charge is 0.143 e. The fourth-order valence-electron chi connectivity index (χ4n) is 10.4. The Morgan fingerprint density at radius 3 is 1.77 bits per heavy atom. The molecular weight excluding hydrogens is 779 g/mol. The molecule has 3 nitrogen and oxygen atoms in total. The number of benzene rings is 10. The van der Waals surface area contributed by atoms with Crippen molar-refractivity contribution >= 4 is 49.8 Å². The van der Waals surface area contributed by atoms with Crippen molar-refractivity contribution in [2.45, 2.75) is 19.3 Å². The summed E-state index contributed by atoms with van der Waals surface area (Å²) in [5.74, 6) is 1.67. The zero-order valence-electron chi connectivity index (χ0n) is 35.5. The van der Waals surface area contributed by atoms with Gasteiger partial charge >= 0.3 is 0 Å². The Balaban J connectivity index is 0.996. The molecule has 11 aromatic rings. The molecule has 0 saturated heterocycles. The topological polar surface area (TPSA) is 25.6 Å².